The van der Waals surface area contributed by atoms with Crippen molar-refractivity contribution in [3.8, 4) is 11.5 Å². The minimum absolute atomic E-state index is 0.0119. The molecule has 0 radical (unpaired) electrons. The van der Waals surface area contributed by atoms with Crippen LogP contribution >= 0.6 is 0 Å². The predicted octanol–water partition coefficient (Wildman–Crippen LogP) is 4.54. The molecule has 1 aromatic heterocycles. The van der Waals surface area contributed by atoms with Crippen molar-refractivity contribution in [2.75, 3.05) is 26.1 Å². The van der Waals surface area contributed by atoms with Gasteiger partial charge < -0.3 is 14.8 Å². The Kier molecular flexibility index (Phi) is 5.57. The third-order valence-corrected chi connectivity index (χ3v) is 5.94. The number of benzene rings is 1. The highest BCUT2D eigenvalue weighted by molar-refractivity contribution is 5.43. The van der Waals surface area contributed by atoms with Gasteiger partial charge in [-0.25, -0.2) is 4.68 Å². The minimum atomic E-state index is -4.32. The molecule has 1 saturated heterocycles. The summed E-state index contributed by atoms with van der Waals surface area (Å²) in [6.45, 7) is 3.31. The van der Waals surface area contributed by atoms with Gasteiger partial charge in [0.15, 0.2) is 17.5 Å². The maximum Gasteiger partial charge on any atom is 0.410 e. The number of halogens is 3. The third kappa shape index (κ3) is 3.95. The van der Waals surface area contributed by atoms with E-state index in [-0.39, 0.29) is 18.5 Å². The molecule has 3 heterocycles. The molecule has 30 heavy (non-hydrogen) atoms. The lowest BCUT2D eigenvalue weighted by atomic mass is 10.1. The Labute approximate surface area is 173 Å². The molecule has 164 valence electrons. The quantitative estimate of drug-likeness (QED) is 0.764. The number of anilines is 1. The second-order valence-electron chi connectivity index (χ2n) is 8.06. The van der Waals surface area contributed by atoms with Gasteiger partial charge in [-0.05, 0) is 50.4 Å². The van der Waals surface area contributed by atoms with Gasteiger partial charge in [-0.15, -0.1) is 0 Å². The lowest BCUT2D eigenvalue weighted by molar-refractivity contribution is -0.173. The molecular weight excluding hydrogens is 397 g/mol. The lowest BCUT2D eigenvalue weighted by Gasteiger charge is -2.31. The Morgan fingerprint density at radius 2 is 1.93 bits per heavy atom. The van der Waals surface area contributed by atoms with Crippen LogP contribution in [0.3, 0.4) is 0 Å². The van der Waals surface area contributed by atoms with Crippen molar-refractivity contribution in [3.63, 3.8) is 0 Å². The number of rotatable bonds is 5. The van der Waals surface area contributed by atoms with E-state index in [9.17, 15) is 13.2 Å². The molecule has 3 atom stereocenters. The smallest absolute Gasteiger partial charge is 0.410 e. The van der Waals surface area contributed by atoms with Crippen molar-refractivity contribution >= 4 is 5.82 Å². The van der Waals surface area contributed by atoms with Crippen LogP contribution in [-0.4, -0.2) is 47.7 Å². The number of nitrogens with one attached hydrogen (secondary N) is 1. The molecule has 0 spiro atoms. The van der Waals surface area contributed by atoms with Gasteiger partial charge in [0.1, 0.15) is 5.82 Å². The summed E-state index contributed by atoms with van der Waals surface area (Å²) in [5.74, 6) is 1.78. The molecule has 1 N–H and O–H groups in total. The summed E-state index contributed by atoms with van der Waals surface area (Å²) in [6, 6.07) is 5.73. The first-order valence-electron chi connectivity index (χ1n) is 10.2. The van der Waals surface area contributed by atoms with Crippen LogP contribution in [0.4, 0.5) is 19.0 Å². The van der Waals surface area contributed by atoms with Crippen LogP contribution < -0.4 is 14.8 Å². The molecule has 2 aliphatic rings. The number of likely N-dealkylation sites (tertiary alicyclic amines) is 1. The number of methoxy groups -OCH3 is 2. The zero-order valence-electron chi connectivity index (χ0n) is 17.4. The summed E-state index contributed by atoms with van der Waals surface area (Å²) in [5, 5.41) is 7.57. The first kappa shape index (κ1) is 20.8. The average molecular weight is 424 g/mol. The molecule has 2 aliphatic heterocycles. The van der Waals surface area contributed by atoms with Crippen LogP contribution in [0.5, 0.6) is 11.5 Å². The van der Waals surface area contributed by atoms with Crippen molar-refractivity contribution in [3.05, 3.63) is 35.5 Å². The summed E-state index contributed by atoms with van der Waals surface area (Å²) in [6.07, 6.45) is -2.48. The Hall–Kier alpha value is -2.42. The van der Waals surface area contributed by atoms with Gasteiger partial charge in [0.25, 0.3) is 0 Å². The van der Waals surface area contributed by atoms with Crippen molar-refractivity contribution in [2.24, 2.45) is 0 Å². The second-order valence-corrected chi connectivity index (χ2v) is 8.06. The van der Waals surface area contributed by atoms with E-state index in [4.69, 9.17) is 9.47 Å². The lowest BCUT2D eigenvalue weighted by Crippen LogP contribution is -2.37. The van der Waals surface area contributed by atoms with E-state index in [1.807, 2.05) is 18.2 Å². The van der Waals surface area contributed by atoms with Gasteiger partial charge >= 0.3 is 6.18 Å². The Morgan fingerprint density at radius 1 is 1.17 bits per heavy atom. The van der Waals surface area contributed by atoms with Gasteiger partial charge in [0, 0.05) is 18.7 Å². The highest BCUT2D eigenvalue weighted by Gasteiger charge is 2.46. The van der Waals surface area contributed by atoms with E-state index in [2.05, 4.69) is 15.3 Å². The zero-order valence-corrected chi connectivity index (χ0v) is 17.4. The summed E-state index contributed by atoms with van der Waals surface area (Å²) >= 11 is 0. The van der Waals surface area contributed by atoms with E-state index in [0.29, 0.717) is 29.6 Å². The summed E-state index contributed by atoms with van der Waals surface area (Å²) < 4.78 is 52.5. The number of alkyl halides is 3. The molecule has 2 aromatic rings. The fraction of sp³-hybridized carbons (Fsp3) is 0.571. The number of ether oxygens (including phenoxy) is 2. The Balaban J connectivity index is 1.58. The molecule has 0 aliphatic carbocycles. The topological polar surface area (TPSA) is 51.5 Å². The average Bonchev–Trinajstić information content (AvgIpc) is 3.32. The molecule has 4 rings (SSSR count). The van der Waals surface area contributed by atoms with E-state index >= 15 is 0 Å². The first-order chi connectivity index (χ1) is 14.3. The number of hydrogen-bond donors (Lipinski definition) is 1. The molecule has 0 unspecified atom stereocenters. The van der Waals surface area contributed by atoms with Crippen molar-refractivity contribution in [1.82, 2.24) is 14.7 Å². The summed E-state index contributed by atoms with van der Waals surface area (Å²) in [7, 11) is 3.19. The van der Waals surface area contributed by atoms with E-state index in [1.54, 1.807) is 27.2 Å². The number of nitrogens with zero attached hydrogens (tertiary/aromatic N) is 3. The van der Waals surface area contributed by atoms with Gasteiger partial charge in [-0.2, -0.15) is 18.3 Å². The minimum Gasteiger partial charge on any atom is -0.493 e. The maximum absolute atomic E-state index is 13.6. The van der Waals surface area contributed by atoms with Gasteiger partial charge in [0.05, 0.1) is 26.0 Å². The van der Waals surface area contributed by atoms with E-state index in [0.717, 1.165) is 29.6 Å². The van der Waals surface area contributed by atoms with Crippen LogP contribution in [0.2, 0.25) is 0 Å². The highest BCUT2D eigenvalue weighted by atomic mass is 19.4. The maximum atomic E-state index is 13.6. The largest absolute Gasteiger partial charge is 0.493 e. The SMILES string of the molecule is COc1ccc(CN2CCC[C@@H]2c2cc3n(n2)[C@@H](C(F)(F)F)C[C@@H](C)N3)cc1OC. The van der Waals surface area contributed by atoms with Crippen LogP contribution in [-0.2, 0) is 6.54 Å². The molecule has 9 heteroatoms. The van der Waals surface area contributed by atoms with Crippen LogP contribution in [0.15, 0.2) is 24.3 Å². The third-order valence-electron chi connectivity index (χ3n) is 5.94. The van der Waals surface area contributed by atoms with Crippen LogP contribution in [0, 0.1) is 0 Å². The van der Waals surface area contributed by atoms with Crippen molar-refractivity contribution in [2.45, 2.75) is 57.0 Å². The molecule has 6 nitrogen and oxygen atoms in total. The first-order valence-corrected chi connectivity index (χ1v) is 10.2. The second kappa shape index (κ2) is 8.02. The fourth-order valence-corrected chi connectivity index (χ4v) is 4.50. The van der Waals surface area contributed by atoms with Crippen molar-refractivity contribution in [1.29, 1.82) is 0 Å². The van der Waals surface area contributed by atoms with E-state index in [1.165, 1.54) is 0 Å². The molecule has 0 bridgehead atoms. The van der Waals surface area contributed by atoms with Gasteiger partial charge in [-0.1, -0.05) is 6.07 Å². The Morgan fingerprint density at radius 3 is 2.63 bits per heavy atom. The molecule has 0 amide bonds. The summed E-state index contributed by atoms with van der Waals surface area (Å²) in [4.78, 5) is 2.27. The number of hydrogen-bond acceptors (Lipinski definition) is 5. The number of fused-ring (bicyclic) bond motifs is 1. The normalized spacial score (nSPS) is 24.4. The van der Waals surface area contributed by atoms with Gasteiger partial charge in [0.2, 0.25) is 0 Å². The fourth-order valence-electron chi connectivity index (χ4n) is 4.50. The molecule has 1 aromatic carbocycles. The Bertz CT molecular complexity index is 899. The number of aromatic nitrogens is 2. The standard InChI is InChI=1S/C21H27F3N4O2/c1-13-9-19(21(22,23)24)28-20(25-13)11-15(26-28)16-5-4-8-27(16)12-14-6-7-17(29-2)18(10-14)30-3/h6-7,10-11,13,16,19,25H,4-5,8-9,12H2,1-3H3/t13-,16-,19-/m1/s1. The molecule has 0 saturated carbocycles. The summed E-state index contributed by atoms with van der Waals surface area (Å²) in [5.41, 5.74) is 1.75. The molecule has 1 fully saturated rings. The van der Waals surface area contributed by atoms with Crippen molar-refractivity contribution < 1.29 is 22.6 Å². The van der Waals surface area contributed by atoms with E-state index < -0.39 is 12.2 Å². The highest BCUT2D eigenvalue weighted by Crippen LogP contribution is 2.42. The van der Waals surface area contributed by atoms with Gasteiger partial charge in [-0.3, -0.25) is 4.90 Å². The van der Waals surface area contributed by atoms with Crippen LogP contribution in [0.25, 0.3) is 0 Å². The van der Waals surface area contributed by atoms with Crippen LogP contribution in [0.1, 0.15) is 49.5 Å². The monoisotopic (exact) mass is 424 g/mol. The predicted molar refractivity (Wildman–Crippen MR) is 107 cm³/mol. The molecular formula is C21H27F3N4O2. The zero-order chi connectivity index (χ0) is 21.5.